The van der Waals surface area contributed by atoms with Crippen molar-refractivity contribution in [1.82, 2.24) is 0 Å². The van der Waals surface area contributed by atoms with Crippen LogP contribution in [0.1, 0.15) is 6.92 Å². The lowest BCUT2D eigenvalue weighted by Crippen LogP contribution is -1.99. The molecule has 13 heavy (non-hydrogen) atoms. The quantitative estimate of drug-likeness (QED) is 0.799. The molecule has 0 fully saturated rings. The lowest BCUT2D eigenvalue weighted by molar-refractivity contribution is 0.294. The van der Waals surface area contributed by atoms with Gasteiger partial charge in [0.25, 0.3) is 0 Å². The number of benzene rings is 1. The predicted molar refractivity (Wildman–Crippen MR) is 56.8 cm³/mol. The molecule has 0 saturated carbocycles. The van der Waals surface area contributed by atoms with Gasteiger partial charge in [0.2, 0.25) is 0 Å². The van der Waals surface area contributed by atoms with Gasteiger partial charge >= 0.3 is 0 Å². The predicted octanol–water partition coefficient (Wildman–Crippen LogP) is 2.84. The van der Waals surface area contributed by atoms with Crippen molar-refractivity contribution in [2.24, 2.45) is 0 Å². The maximum Gasteiger partial charge on any atom is 0.198 e. The molecule has 1 aromatic rings. The van der Waals surface area contributed by atoms with Crippen LogP contribution < -0.4 is 9.47 Å². The topological polar surface area (TPSA) is 18.5 Å². The van der Waals surface area contributed by atoms with Gasteiger partial charge in [0, 0.05) is 0 Å². The van der Waals surface area contributed by atoms with Gasteiger partial charge < -0.3 is 9.47 Å². The molecule has 4 heteroatoms. The average molecular weight is 296 g/mol. The molecular formula is C9H10FIO2. The van der Waals surface area contributed by atoms with Crippen molar-refractivity contribution in [2.45, 2.75) is 6.92 Å². The number of halogens is 2. The van der Waals surface area contributed by atoms with Crippen molar-refractivity contribution >= 4 is 22.6 Å². The van der Waals surface area contributed by atoms with E-state index in [4.69, 9.17) is 9.47 Å². The summed E-state index contributed by atoms with van der Waals surface area (Å²) in [5, 5.41) is 0. The number of rotatable bonds is 3. The third-order valence-electron chi connectivity index (χ3n) is 1.52. The Labute approximate surface area is 90.2 Å². The zero-order valence-electron chi connectivity index (χ0n) is 7.43. The third kappa shape index (κ3) is 2.24. The normalized spacial score (nSPS) is 9.85. The first kappa shape index (κ1) is 10.6. The summed E-state index contributed by atoms with van der Waals surface area (Å²) in [5.74, 6) is 0.262. The van der Waals surface area contributed by atoms with Crippen molar-refractivity contribution < 1.29 is 13.9 Å². The van der Waals surface area contributed by atoms with Crippen LogP contribution in [-0.4, -0.2) is 13.7 Å². The minimum absolute atomic E-state index is 0.192. The Kier molecular flexibility index (Phi) is 3.77. The van der Waals surface area contributed by atoms with E-state index in [0.29, 0.717) is 15.9 Å². The zero-order valence-corrected chi connectivity index (χ0v) is 9.59. The molecule has 0 heterocycles. The molecular weight excluding hydrogens is 286 g/mol. The van der Waals surface area contributed by atoms with E-state index in [0.717, 1.165) is 0 Å². The highest BCUT2D eigenvalue weighted by Gasteiger charge is 2.13. The van der Waals surface area contributed by atoms with Gasteiger partial charge in [-0.05, 0) is 41.6 Å². The number of hydrogen-bond acceptors (Lipinski definition) is 2. The summed E-state index contributed by atoms with van der Waals surface area (Å²) in [4.78, 5) is 0. The lowest BCUT2D eigenvalue weighted by Gasteiger charge is -2.10. The van der Waals surface area contributed by atoms with Crippen LogP contribution in [0.25, 0.3) is 0 Å². The van der Waals surface area contributed by atoms with Crippen LogP contribution in [0.3, 0.4) is 0 Å². The molecule has 0 amide bonds. The minimum Gasteiger partial charge on any atom is -0.493 e. The average Bonchev–Trinajstić information content (AvgIpc) is 2.14. The molecule has 0 saturated heterocycles. The molecule has 0 aromatic heterocycles. The lowest BCUT2D eigenvalue weighted by atomic mass is 10.3. The summed E-state index contributed by atoms with van der Waals surface area (Å²) in [5.41, 5.74) is 0. The Balaban J connectivity index is 3.15. The molecule has 72 valence electrons. The Morgan fingerprint density at radius 1 is 1.46 bits per heavy atom. The molecule has 2 nitrogen and oxygen atoms in total. The highest BCUT2D eigenvalue weighted by molar-refractivity contribution is 14.1. The standard InChI is InChI=1S/C9H10FIO2/c1-3-13-9-7(12-2)5-4-6(11)8(9)10/h4-5H,3H2,1-2H3. The zero-order chi connectivity index (χ0) is 9.84. The van der Waals surface area contributed by atoms with E-state index >= 15 is 0 Å². The van der Waals surface area contributed by atoms with Gasteiger partial charge in [0.1, 0.15) is 0 Å². The minimum atomic E-state index is -0.359. The molecule has 1 aromatic carbocycles. The molecule has 0 aliphatic heterocycles. The van der Waals surface area contributed by atoms with Crippen molar-refractivity contribution in [3.05, 3.63) is 21.5 Å². The largest absolute Gasteiger partial charge is 0.493 e. The molecule has 0 aliphatic carbocycles. The van der Waals surface area contributed by atoms with Gasteiger partial charge in [-0.15, -0.1) is 0 Å². The highest BCUT2D eigenvalue weighted by atomic mass is 127. The van der Waals surface area contributed by atoms with Crippen LogP contribution in [0.4, 0.5) is 4.39 Å². The Hall–Kier alpha value is -0.520. The molecule has 0 atom stereocenters. The molecule has 0 aliphatic rings. The van der Waals surface area contributed by atoms with Gasteiger partial charge in [0.05, 0.1) is 17.3 Å². The van der Waals surface area contributed by atoms with Crippen LogP contribution in [0.2, 0.25) is 0 Å². The summed E-state index contributed by atoms with van der Waals surface area (Å²) < 4.78 is 24.1. The smallest absolute Gasteiger partial charge is 0.198 e. The summed E-state index contributed by atoms with van der Waals surface area (Å²) in [6.07, 6.45) is 0. The van der Waals surface area contributed by atoms with Crippen LogP contribution in [-0.2, 0) is 0 Å². The van der Waals surface area contributed by atoms with E-state index in [1.54, 1.807) is 19.1 Å². The molecule has 1 rings (SSSR count). The van der Waals surface area contributed by atoms with Crippen LogP contribution in [0.5, 0.6) is 11.5 Å². The summed E-state index contributed by atoms with van der Waals surface area (Å²) in [7, 11) is 1.49. The number of ether oxygens (including phenoxy) is 2. The molecule has 0 N–H and O–H groups in total. The fraction of sp³-hybridized carbons (Fsp3) is 0.333. The molecule has 0 spiro atoms. The Morgan fingerprint density at radius 2 is 2.15 bits per heavy atom. The fourth-order valence-corrected chi connectivity index (χ4v) is 1.38. The first-order chi connectivity index (χ1) is 6.20. The van der Waals surface area contributed by atoms with Gasteiger partial charge in [-0.1, -0.05) is 0 Å². The van der Waals surface area contributed by atoms with E-state index in [2.05, 4.69) is 0 Å². The highest BCUT2D eigenvalue weighted by Crippen LogP contribution is 2.32. The molecule has 0 unspecified atom stereocenters. The van der Waals surface area contributed by atoms with Gasteiger partial charge in [-0.25, -0.2) is 4.39 Å². The van der Waals surface area contributed by atoms with Crippen molar-refractivity contribution in [3.63, 3.8) is 0 Å². The van der Waals surface area contributed by atoms with E-state index in [1.807, 2.05) is 22.6 Å². The molecule has 0 bridgehead atoms. The summed E-state index contributed by atoms with van der Waals surface area (Å²) in [6, 6.07) is 3.34. The first-order valence-corrected chi connectivity index (χ1v) is 4.93. The summed E-state index contributed by atoms with van der Waals surface area (Å²) >= 11 is 1.91. The second-order valence-corrected chi connectivity index (χ2v) is 3.49. The first-order valence-electron chi connectivity index (χ1n) is 3.85. The van der Waals surface area contributed by atoms with Gasteiger partial charge in [-0.3, -0.25) is 0 Å². The monoisotopic (exact) mass is 296 g/mol. The molecule has 0 radical (unpaired) electrons. The van der Waals surface area contributed by atoms with E-state index in [-0.39, 0.29) is 11.6 Å². The van der Waals surface area contributed by atoms with E-state index in [1.165, 1.54) is 7.11 Å². The van der Waals surface area contributed by atoms with Crippen molar-refractivity contribution in [2.75, 3.05) is 13.7 Å². The van der Waals surface area contributed by atoms with Crippen LogP contribution in [0.15, 0.2) is 12.1 Å². The summed E-state index contributed by atoms with van der Waals surface area (Å²) in [6.45, 7) is 2.23. The van der Waals surface area contributed by atoms with Crippen LogP contribution >= 0.6 is 22.6 Å². The van der Waals surface area contributed by atoms with Gasteiger partial charge in [-0.2, -0.15) is 0 Å². The fourth-order valence-electron chi connectivity index (χ4n) is 0.954. The number of methoxy groups -OCH3 is 1. The Bertz CT molecular complexity index is 302. The van der Waals surface area contributed by atoms with Crippen molar-refractivity contribution in [3.8, 4) is 11.5 Å². The maximum absolute atomic E-state index is 13.4. The van der Waals surface area contributed by atoms with Gasteiger partial charge in [0.15, 0.2) is 17.3 Å². The van der Waals surface area contributed by atoms with Crippen LogP contribution in [0, 0.1) is 9.39 Å². The van der Waals surface area contributed by atoms with E-state index in [9.17, 15) is 4.39 Å². The Morgan fingerprint density at radius 3 is 2.69 bits per heavy atom. The van der Waals surface area contributed by atoms with Crippen molar-refractivity contribution in [1.29, 1.82) is 0 Å². The second-order valence-electron chi connectivity index (χ2n) is 2.33. The second kappa shape index (κ2) is 4.64. The third-order valence-corrected chi connectivity index (χ3v) is 2.36. The van der Waals surface area contributed by atoms with E-state index < -0.39 is 0 Å². The number of hydrogen-bond donors (Lipinski definition) is 0. The SMILES string of the molecule is CCOc1c(OC)ccc(I)c1F. The maximum atomic E-state index is 13.4.